The molecule has 1 fully saturated rings. The molecule has 0 aliphatic carbocycles. The summed E-state index contributed by atoms with van der Waals surface area (Å²) in [5.74, 6) is 0.873. The second kappa shape index (κ2) is 6.25. The van der Waals surface area contributed by atoms with E-state index >= 15 is 0 Å². The van der Waals surface area contributed by atoms with Gasteiger partial charge in [0, 0.05) is 24.2 Å². The Hall–Kier alpha value is -2.39. The van der Waals surface area contributed by atoms with Crippen molar-refractivity contribution in [3.05, 3.63) is 70.3 Å². The van der Waals surface area contributed by atoms with E-state index in [-0.39, 0.29) is 0 Å². The van der Waals surface area contributed by atoms with Gasteiger partial charge in [0.15, 0.2) is 0 Å². The van der Waals surface area contributed by atoms with Gasteiger partial charge in [-0.1, -0.05) is 29.8 Å². The number of nitrogens with zero attached hydrogens (tertiary/aromatic N) is 1. The maximum absolute atomic E-state index is 11.3. The van der Waals surface area contributed by atoms with Crippen LogP contribution in [0.3, 0.4) is 0 Å². The fourth-order valence-electron chi connectivity index (χ4n) is 3.65. The number of benzene rings is 2. The van der Waals surface area contributed by atoms with Crippen molar-refractivity contribution in [2.45, 2.75) is 19.4 Å². The maximum atomic E-state index is 11.3. The summed E-state index contributed by atoms with van der Waals surface area (Å²) in [6.07, 6.45) is 3.03. The molecule has 1 saturated heterocycles. The Morgan fingerprint density at radius 1 is 1.04 bits per heavy atom. The molecule has 24 heavy (non-hydrogen) atoms. The van der Waals surface area contributed by atoms with Crippen LogP contribution in [0.2, 0.25) is 0 Å². The Morgan fingerprint density at radius 2 is 1.83 bits per heavy atom. The van der Waals surface area contributed by atoms with Gasteiger partial charge in [0.05, 0.1) is 0 Å². The van der Waals surface area contributed by atoms with Crippen LogP contribution >= 0.6 is 0 Å². The number of likely N-dealkylation sites (tertiary alicyclic amines) is 1. The van der Waals surface area contributed by atoms with Gasteiger partial charge in [-0.05, 0) is 54.8 Å². The molecule has 2 aliphatic heterocycles. The molecule has 0 saturated carbocycles. The van der Waals surface area contributed by atoms with E-state index in [4.69, 9.17) is 4.74 Å². The third kappa shape index (κ3) is 2.65. The fourth-order valence-corrected chi connectivity index (χ4v) is 3.65. The summed E-state index contributed by atoms with van der Waals surface area (Å²) in [6.45, 7) is 2.72. The SMILES string of the molecule is CN1CCC(=C2c3ccccc3COc3ccc(C=O)cc32)CC1. The molecule has 0 spiro atoms. The van der Waals surface area contributed by atoms with Gasteiger partial charge < -0.3 is 9.64 Å². The minimum absolute atomic E-state index is 0.570. The highest BCUT2D eigenvalue weighted by molar-refractivity contribution is 5.89. The number of piperidine rings is 1. The normalized spacial score (nSPS) is 17.5. The topological polar surface area (TPSA) is 29.5 Å². The van der Waals surface area contributed by atoms with Gasteiger partial charge in [0.1, 0.15) is 18.6 Å². The van der Waals surface area contributed by atoms with Crippen molar-refractivity contribution in [3.8, 4) is 5.75 Å². The number of fused-ring (bicyclic) bond motifs is 2. The van der Waals surface area contributed by atoms with Crippen LogP contribution in [0.5, 0.6) is 5.75 Å². The summed E-state index contributed by atoms with van der Waals surface area (Å²) in [5.41, 5.74) is 6.96. The molecule has 0 atom stereocenters. The lowest BCUT2D eigenvalue weighted by atomic mass is 9.86. The third-order valence-electron chi connectivity index (χ3n) is 5.02. The van der Waals surface area contributed by atoms with Crippen LogP contribution in [0.15, 0.2) is 48.0 Å². The molecule has 122 valence electrons. The molecule has 2 aromatic rings. The van der Waals surface area contributed by atoms with Gasteiger partial charge in [-0.15, -0.1) is 0 Å². The molecule has 4 rings (SSSR count). The molecule has 0 N–H and O–H groups in total. The van der Waals surface area contributed by atoms with E-state index in [9.17, 15) is 4.79 Å². The lowest BCUT2D eigenvalue weighted by Gasteiger charge is -2.27. The summed E-state index contributed by atoms with van der Waals surface area (Å²) in [5, 5.41) is 0. The van der Waals surface area contributed by atoms with Crippen LogP contribution in [0.25, 0.3) is 5.57 Å². The fraction of sp³-hybridized carbons (Fsp3) is 0.286. The van der Waals surface area contributed by atoms with E-state index in [1.165, 1.54) is 22.3 Å². The molecule has 2 heterocycles. The first-order valence-electron chi connectivity index (χ1n) is 8.47. The van der Waals surface area contributed by atoms with Crippen molar-refractivity contribution >= 4 is 11.9 Å². The van der Waals surface area contributed by atoms with Gasteiger partial charge in [0.25, 0.3) is 0 Å². The van der Waals surface area contributed by atoms with Crippen molar-refractivity contribution in [1.29, 1.82) is 0 Å². The highest BCUT2D eigenvalue weighted by atomic mass is 16.5. The number of carbonyl (C=O) groups excluding carboxylic acids is 1. The Morgan fingerprint density at radius 3 is 2.62 bits per heavy atom. The van der Waals surface area contributed by atoms with Crippen LogP contribution in [-0.4, -0.2) is 31.3 Å². The molecule has 3 nitrogen and oxygen atoms in total. The molecule has 2 aliphatic rings. The number of hydrogen-bond acceptors (Lipinski definition) is 3. The number of aldehydes is 1. The molecule has 0 radical (unpaired) electrons. The Labute approximate surface area is 142 Å². The Bertz CT molecular complexity index is 812. The van der Waals surface area contributed by atoms with Crippen molar-refractivity contribution in [1.82, 2.24) is 4.90 Å². The van der Waals surface area contributed by atoms with Gasteiger partial charge in [-0.2, -0.15) is 0 Å². The lowest BCUT2D eigenvalue weighted by Crippen LogP contribution is -2.27. The monoisotopic (exact) mass is 319 g/mol. The molecular formula is C21H21NO2. The number of carbonyl (C=O) groups is 1. The summed E-state index contributed by atoms with van der Waals surface area (Å²) >= 11 is 0. The predicted octanol–water partition coefficient (Wildman–Crippen LogP) is 3.92. The first-order chi connectivity index (χ1) is 11.8. The average molecular weight is 319 g/mol. The first-order valence-corrected chi connectivity index (χ1v) is 8.47. The molecular weight excluding hydrogens is 298 g/mol. The Balaban J connectivity index is 1.96. The van der Waals surface area contributed by atoms with E-state index in [0.717, 1.165) is 43.5 Å². The summed E-state index contributed by atoms with van der Waals surface area (Å²) in [6, 6.07) is 14.2. The first kappa shape index (κ1) is 15.2. The van der Waals surface area contributed by atoms with Crippen LogP contribution < -0.4 is 4.74 Å². The second-order valence-corrected chi connectivity index (χ2v) is 6.60. The number of rotatable bonds is 1. The zero-order valence-corrected chi connectivity index (χ0v) is 13.9. The molecule has 0 bridgehead atoms. The van der Waals surface area contributed by atoms with E-state index < -0.39 is 0 Å². The highest BCUT2D eigenvalue weighted by Gasteiger charge is 2.24. The summed E-state index contributed by atoms with van der Waals surface area (Å²) in [4.78, 5) is 13.7. The summed E-state index contributed by atoms with van der Waals surface area (Å²) in [7, 11) is 2.17. The third-order valence-corrected chi connectivity index (χ3v) is 5.02. The van der Waals surface area contributed by atoms with Crippen LogP contribution in [-0.2, 0) is 6.61 Å². The van der Waals surface area contributed by atoms with Gasteiger partial charge >= 0.3 is 0 Å². The van der Waals surface area contributed by atoms with Crippen molar-refractivity contribution in [3.63, 3.8) is 0 Å². The number of hydrogen-bond donors (Lipinski definition) is 0. The predicted molar refractivity (Wildman–Crippen MR) is 95.4 cm³/mol. The Kier molecular flexibility index (Phi) is 3.95. The largest absolute Gasteiger partial charge is 0.488 e. The van der Waals surface area contributed by atoms with Crippen LogP contribution in [0.4, 0.5) is 0 Å². The van der Waals surface area contributed by atoms with Crippen molar-refractivity contribution < 1.29 is 9.53 Å². The molecule has 0 aromatic heterocycles. The van der Waals surface area contributed by atoms with E-state index in [1.54, 1.807) is 0 Å². The lowest BCUT2D eigenvalue weighted by molar-refractivity contribution is 0.112. The quantitative estimate of drug-likeness (QED) is 0.746. The number of ether oxygens (including phenoxy) is 1. The van der Waals surface area contributed by atoms with E-state index in [1.807, 2.05) is 18.2 Å². The molecule has 0 amide bonds. The minimum atomic E-state index is 0.570. The smallest absolute Gasteiger partial charge is 0.150 e. The molecule has 3 heteroatoms. The standard InChI is InChI=1S/C21H21NO2/c1-22-10-8-16(9-11-22)21-18-5-3-2-4-17(18)14-24-20-7-6-15(13-23)12-19(20)21/h2-7,12-13H,8-11,14H2,1H3. The van der Waals surface area contributed by atoms with Gasteiger partial charge in [-0.25, -0.2) is 0 Å². The van der Waals surface area contributed by atoms with Crippen molar-refractivity contribution in [2.75, 3.05) is 20.1 Å². The maximum Gasteiger partial charge on any atom is 0.150 e. The molecule has 0 unspecified atom stereocenters. The van der Waals surface area contributed by atoms with E-state index in [0.29, 0.717) is 12.2 Å². The highest BCUT2D eigenvalue weighted by Crippen LogP contribution is 2.41. The average Bonchev–Trinajstić information content (AvgIpc) is 2.79. The zero-order chi connectivity index (χ0) is 16.5. The van der Waals surface area contributed by atoms with Crippen molar-refractivity contribution in [2.24, 2.45) is 0 Å². The molecule has 2 aromatic carbocycles. The zero-order valence-electron chi connectivity index (χ0n) is 13.9. The van der Waals surface area contributed by atoms with E-state index in [2.05, 4.69) is 36.2 Å². The second-order valence-electron chi connectivity index (χ2n) is 6.60. The minimum Gasteiger partial charge on any atom is -0.488 e. The van der Waals surface area contributed by atoms with Gasteiger partial charge in [-0.3, -0.25) is 4.79 Å². The summed E-state index contributed by atoms with van der Waals surface area (Å²) < 4.78 is 6.06. The van der Waals surface area contributed by atoms with Crippen LogP contribution in [0.1, 0.15) is 39.9 Å². The van der Waals surface area contributed by atoms with Gasteiger partial charge in [0.2, 0.25) is 0 Å². The van der Waals surface area contributed by atoms with Crippen LogP contribution in [0, 0.1) is 0 Å².